The highest BCUT2D eigenvalue weighted by Crippen LogP contribution is 2.32. The largest absolute Gasteiger partial charge is 0.358 e. The summed E-state index contributed by atoms with van der Waals surface area (Å²) in [6, 6.07) is 6.55. The molecule has 0 bridgehead atoms. The molecule has 1 unspecified atom stereocenters. The Morgan fingerprint density at radius 1 is 1.37 bits per heavy atom. The normalized spacial score (nSPS) is 17.3. The monoisotopic (exact) mass is 411 g/mol. The lowest BCUT2D eigenvalue weighted by atomic mass is 9.89. The Balaban J connectivity index is 1.94. The summed E-state index contributed by atoms with van der Waals surface area (Å²) in [5, 5.41) is 10.5. The maximum absolute atomic E-state index is 13.0. The Bertz CT molecular complexity index is 998. The van der Waals surface area contributed by atoms with Crippen LogP contribution in [0.2, 0.25) is 5.02 Å². The molecule has 0 amide bonds. The fourth-order valence-corrected chi connectivity index (χ4v) is 3.41. The van der Waals surface area contributed by atoms with Crippen molar-refractivity contribution in [1.82, 2.24) is 10.2 Å². The van der Waals surface area contributed by atoms with Crippen LogP contribution in [0.4, 0.5) is 0 Å². The molecule has 8 nitrogen and oxygen atoms in total. The van der Waals surface area contributed by atoms with Crippen molar-refractivity contribution >= 4 is 33.2 Å². The lowest BCUT2D eigenvalue weighted by Crippen LogP contribution is -2.23. The lowest BCUT2D eigenvalue weighted by Gasteiger charge is -2.13. The van der Waals surface area contributed by atoms with E-state index in [2.05, 4.69) is 10.3 Å². The van der Waals surface area contributed by atoms with E-state index >= 15 is 0 Å². The van der Waals surface area contributed by atoms with E-state index in [9.17, 15) is 13.2 Å². The quantitative estimate of drug-likeness (QED) is 0.531. The highest BCUT2D eigenvalue weighted by molar-refractivity contribution is 7.85. The SMILES string of the molecule is Cc1noc(COS(C)(=O)=O)c1C1CN(C)N=C1C(=O)c1ccc(Cl)cc1. The Morgan fingerprint density at radius 2 is 2.04 bits per heavy atom. The Morgan fingerprint density at radius 3 is 2.67 bits per heavy atom. The second kappa shape index (κ2) is 7.41. The molecule has 0 saturated carbocycles. The summed E-state index contributed by atoms with van der Waals surface area (Å²) in [6.07, 6.45) is 0.955. The third-order valence-electron chi connectivity index (χ3n) is 4.13. The third kappa shape index (κ3) is 4.37. The molecule has 144 valence electrons. The van der Waals surface area contributed by atoms with Crippen LogP contribution in [0, 0.1) is 6.92 Å². The molecular formula is C17H18ClN3O5S. The Hall–Kier alpha value is -2.23. The van der Waals surface area contributed by atoms with E-state index in [1.165, 1.54) is 0 Å². The fourth-order valence-electron chi connectivity index (χ4n) is 2.96. The van der Waals surface area contributed by atoms with E-state index in [1.54, 1.807) is 43.2 Å². The van der Waals surface area contributed by atoms with Crippen LogP contribution in [0.5, 0.6) is 0 Å². The fraction of sp³-hybridized carbons (Fsp3) is 0.353. The number of benzene rings is 1. The van der Waals surface area contributed by atoms with Crippen LogP contribution in [-0.2, 0) is 20.9 Å². The van der Waals surface area contributed by atoms with Crippen molar-refractivity contribution in [3.8, 4) is 0 Å². The number of halogens is 1. The van der Waals surface area contributed by atoms with Crippen molar-refractivity contribution in [3.63, 3.8) is 0 Å². The predicted molar refractivity (Wildman–Crippen MR) is 99.5 cm³/mol. The number of Topliss-reactive ketones (excluding diaryl/α,β-unsaturated/α-hetero) is 1. The van der Waals surface area contributed by atoms with Gasteiger partial charge >= 0.3 is 0 Å². The molecule has 1 aliphatic heterocycles. The number of aromatic nitrogens is 1. The van der Waals surface area contributed by atoms with Crippen LogP contribution in [0.1, 0.15) is 33.3 Å². The average molecular weight is 412 g/mol. The summed E-state index contributed by atoms with van der Waals surface area (Å²) in [6.45, 7) is 1.87. The zero-order valence-electron chi connectivity index (χ0n) is 15.0. The minimum absolute atomic E-state index is 0.239. The Labute approximate surface area is 161 Å². The zero-order valence-corrected chi connectivity index (χ0v) is 16.5. The second-order valence-corrected chi connectivity index (χ2v) is 8.37. The molecule has 3 rings (SSSR count). The molecule has 1 aromatic heterocycles. The van der Waals surface area contributed by atoms with Crippen molar-refractivity contribution in [3.05, 3.63) is 51.9 Å². The van der Waals surface area contributed by atoms with E-state index in [4.69, 9.17) is 20.3 Å². The van der Waals surface area contributed by atoms with Crippen molar-refractivity contribution in [2.45, 2.75) is 19.4 Å². The molecule has 0 aliphatic carbocycles. The molecule has 10 heteroatoms. The van der Waals surface area contributed by atoms with Crippen LogP contribution in [0.25, 0.3) is 0 Å². The van der Waals surface area contributed by atoms with Gasteiger partial charge in [0.1, 0.15) is 12.3 Å². The number of carbonyl (C=O) groups excluding carboxylic acids is 1. The van der Waals surface area contributed by atoms with Gasteiger partial charge in [0.15, 0.2) is 5.76 Å². The van der Waals surface area contributed by atoms with Crippen LogP contribution in [-0.4, -0.2) is 49.9 Å². The molecule has 0 N–H and O–H groups in total. The maximum atomic E-state index is 13.0. The molecule has 2 aromatic rings. The summed E-state index contributed by atoms with van der Waals surface area (Å²) in [7, 11) is -1.89. The van der Waals surface area contributed by atoms with Gasteiger partial charge < -0.3 is 4.52 Å². The van der Waals surface area contributed by atoms with Crippen LogP contribution >= 0.6 is 11.6 Å². The summed E-state index contributed by atoms with van der Waals surface area (Å²) >= 11 is 5.89. The van der Waals surface area contributed by atoms with Crippen molar-refractivity contribution in [1.29, 1.82) is 0 Å². The first-order valence-corrected chi connectivity index (χ1v) is 10.2. The number of hydrogen-bond donors (Lipinski definition) is 0. The van der Waals surface area contributed by atoms with Crippen molar-refractivity contribution in [2.75, 3.05) is 19.8 Å². The summed E-state index contributed by atoms with van der Waals surface area (Å²) in [5.74, 6) is -0.394. The van der Waals surface area contributed by atoms with E-state index in [-0.39, 0.29) is 18.2 Å². The molecule has 1 atom stereocenters. The van der Waals surface area contributed by atoms with Gasteiger partial charge in [0.05, 0.1) is 17.9 Å². The van der Waals surface area contributed by atoms with Crippen LogP contribution in [0.15, 0.2) is 33.9 Å². The van der Waals surface area contributed by atoms with Gasteiger partial charge in [-0.05, 0) is 31.2 Å². The summed E-state index contributed by atoms with van der Waals surface area (Å²) < 4.78 is 32.7. The van der Waals surface area contributed by atoms with Crippen LogP contribution in [0.3, 0.4) is 0 Å². The van der Waals surface area contributed by atoms with Crippen LogP contribution < -0.4 is 0 Å². The first kappa shape index (κ1) is 19.5. The second-order valence-electron chi connectivity index (χ2n) is 6.29. The highest BCUT2D eigenvalue weighted by Gasteiger charge is 2.36. The van der Waals surface area contributed by atoms with Gasteiger partial charge in [-0.2, -0.15) is 13.5 Å². The number of carbonyl (C=O) groups is 1. The van der Waals surface area contributed by atoms with Gasteiger partial charge in [0, 0.05) is 29.7 Å². The number of hydrogen-bond acceptors (Lipinski definition) is 8. The average Bonchev–Trinajstić information content (AvgIpc) is 3.14. The molecule has 27 heavy (non-hydrogen) atoms. The molecule has 2 heterocycles. The molecule has 1 aliphatic rings. The number of hydrazone groups is 1. The minimum Gasteiger partial charge on any atom is -0.358 e. The summed E-state index contributed by atoms with van der Waals surface area (Å²) in [5.41, 5.74) is 1.95. The highest BCUT2D eigenvalue weighted by atomic mass is 35.5. The van der Waals surface area contributed by atoms with Gasteiger partial charge in [-0.1, -0.05) is 16.8 Å². The number of aryl methyl sites for hydroxylation is 1. The molecule has 0 fully saturated rings. The van der Waals surface area contributed by atoms with Gasteiger partial charge in [-0.15, -0.1) is 0 Å². The van der Waals surface area contributed by atoms with E-state index < -0.39 is 16.0 Å². The topological polar surface area (TPSA) is 102 Å². The first-order valence-electron chi connectivity index (χ1n) is 8.05. The number of nitrogens with zero attached hydrogens (tertiary/aromatic N) is 3. The molecule has 0 saturated heterocycles. The van der Waals surface area contributed by atoms with Gasteiger partial charge in [0.2, 0.25) is 5.78 Å². The Kier molecular flexibility index (Phi) is 5.36. The first-order chi connectivity index (χ1) is 12.7. The predicted octanol–water partition coefficient (Wildman–Crippen LogP) is 2.38. The van der Waals surface area contributed by atoms with Crippen molar-refractivity contribution < 1.29 is 21.9 Å². The minimum atomic E-state index is -3.65. The molecule has 0 radical (unpaired) electrons. The standard InChI is InChI=1S/C17H18ClN3O5S/c1-10-15(14(26-20-10)9-25-27(3,23)24)13-8-21(2)19-16(13)17(22)11-4-6-12(18)7-5-11/h4-7,13H,8-9H2,1-3H3. The van der Waals surface area contributed by atoms with Gasteiger partial charge in [-0.25, -0.2) is 0 Å². The van der Waals surface area contributed by atoms with Crippen molar-refractivity contribution in [2.24, 2.45) is 5.10 Å². The smallest absolute Gasteiger partial charge is 0.264 e. The molecule has 1 aromatic carbocycles. The maximum Gasteiger partial charge on any atom is 0.264 e. The molecule has 0 spiro atoms. The van der Waals surface area contributed by atoms with E-state index in [0.717, 1.165) is 6.26 Å². The third-order valence-corrected chi connectivity index (χ3v) is 4.93. The number of likely N-dealkylation sites (N-methyl/N-ethyl adjacent to an activating group) is 1. The lowest BCUT2D eigenvalue weighted by molar-refractivity contribution is 0.106. The van der Waals surface area contributed by atoms with Gasteiger partial charge in [-0.3, -0.25) is 14.0 Å². The summed E-state index contributed by atoms with van der Waals surface area (Å²) in [4.78, 5) is 13.0. The number of ketones is 1. The molecular weight excluding hydrogens is 394 g/mol. The van der Waals surface area contributed by atoms with E-state index in [1.807, 2.05) is 0 Å². The zero-order chi connectivity index (χ0) is 19.8. The van der Waals surface area contributed by atoms with Gasteiger partial charge in [0.25, 0.3) is 10.1 Å². The van der Waals surface area contributed by atoms with E-state index in [0.29, 0.717) is 34.1 Å². The number of rotatable bonds is 6.